The van der Waals surface area contributed by atoms with Gasteiger partial charge >= 0.3 is 5.97 Å². The minimum absolute atomic E-state index is 0.130. The van der Waals surface area contributed by atoms with Gasteiger partial charge in [0.1, 0.15) is 0 Å². The summed E-state index contributed by atoms with van der Waals surface area (Å²) in [6.45, 7) is 2.30. The van der Waals surface area contributed by atoms with E-state index in [2.05, 4.69) is 6.07 Å². The lowest BCUT2D eigenvalue weighted by atomic mass is 9.81. The van der Waals surface area contributed by atoms with Crippen LogP contribution in [0.3, 0.4) is 0 Å². The quantitative estimate of drug-likeness (QED) is 0.757. The van der Waals surface area contributed by atoms with Crippen LogP contribution in [-0.2, 0) is 16.0 Å². The van der Waals surface area contributed by atoms with Crippen molar-refractivity contribution in [3.8, 4) is 0 Å². The van der Waals surface area contributed by atoms with Crippen LogP contribution in [0.15, 0.2) is 18.2 Å². The van der Waals surface area contributed by atoms with Gasteiger partial charge in [-0.05, 0) is 42.9 Å². The van der Waals surface area contributed by atoms with Gasteiger partial charge in [-0.2, -0.15) is 0 Å². The number of rotatable bonds is 4. The minimum Gasteiger partial charge on any atom is -0.466 e. The van der Waals surface area contributed by atoms with Crippen molar-refractivity contribution in [3.63, 3.8) is 0 Å². The predicted molar refractivity (Wildman–Crippen MR) is 71.4 cm³/mol. The van der Waals surface area contributed by atoms with Gasteiger partial charge < -0.3 is 4.74 Å². The van der Waals surface area contributed by atoms with Gasteiger partial charge in [-0.25, -0.2) is 0 Å². The van der Waals surface area contributed by atoms with Crippen molar-refractivity contribution in [2.45, 2.75) is 51.4 Å². The molecule has 0 atom stereocenters. The summed E-state index contributed by atoms with van der Waals surface area (Å²) in [5.41, 5.74) is 2.34. The van der Waals surface area contributed by atoms with E-state index >= 15 is 0 Å². The maximum absolute atomic E-state index is 11.6. The Kier molecular flexibility index (Phi) is 4.80. The van der Waals surface area contributed by atoms with Gasteiger partial charge in [-0.3, -0.25) is 4.79 Å². The number of ether oxygens (including phenoxy) is 1. The first-order valence-electron chi connectivity index (χ1n) is 6.96. The number of hydrogen-bond acceptors (Lipinski definition) is 2. The van der Waals surface area contributed by atoms with Crippen LogP contribution in [0.25, 0.3) is 0 Å². The second-order valence-corrected chi connectivity index (χ2v) is 4.93. The maximum atomic E-state index is 11.6. The average Bonchev–Trinajstić information content (AvgIpc) is 2.40. The zero-order valence-electron chi connectivity index (χ0n) is 11.1. The highest BCUT2D eigenvalue weighted by Gasteiger charge is 2.19. The van der Waals surface area contributed by atoms with Crippen LogP contribution < -0.4 is 0 Å². The fourth-order valence-corrected chi connectivity index (χ4v) is 2.78. The third-order valence-corrected chi connectivity index (χ3v) is 3.63. The minimum atomic E-state index is -0.130. The molecule has 2 rings (SSSR count). The van der Waals surface area contributed by atoms with E-state index in [0.717, 1.165) is 5.56 Å². The topological polar surface area (TPSA) is 26.3 Å². The molecule has 1 aliphatic rings. The molecular formula is C16H21O2. The van der Waals surface area contributed by atoms with Gasteiger partial charge in [0, 0.05) is 0 Å². The fraction of sp³-hybridized carbons (Fsp3) is 0.562. The molecule has 18 heavy (non-hydrogen) atoms. The standard InChI is InChI=1S/C16H21O2/c1-2-18-16(17)12-14-10-6-7-11-15(14)13-8-4-3-5-9-13/h6-7,10,13H,2-5,8-9,12H2,1H3. The van der Waals surface area contributed by atoms with Crippen molar-refractivity contribution in [1.82, 2.24) is 0 Å². The number of esters is 1. The Hall–Kier alpha value is -1.31. The van der Waals surface area contributed by atoms with Crippen LogP contribution in [0.5, 0.6) is 0 Å². The van der Waals surface area contributed by atoms with Gasteiger partial charge in [-0.1, -0.05) is 37.5 Å². The molecule has 0 bridgehead atoms. The van der Waals surface area contributed by atoms with Crippen molar-refractivity contribution >= 4 is 5.97 Å². The maximum Gasteiger partial charge on any atom is 0.310 e. The van der Waals surface area contributed by atoms with E-state index in [-0.39, 0.29) is 5.97 Å². The van der Waals surface area contributed by atoms with Crippen LogP contribution in [0, 0.1) is 6.07 Å². The van der Waals surface area contributed by atoms with Crippen LogP contribution in [0.1, 0.15) is 56.1 Å². The Labute approximate surface area is 109 Å². The first-order chi connectivity index (χ1) is 8.81. The summed E-state index contributed by atoms with van der Waals surface area (Å²) in [6, 6.07) is 9.30. The normalized spacial score (nSPS) is 16.5. The molecule has 1 fully saturated rings. The molecule has 0 N–H and O–H groups in total. The largest absolute Gasteiger partial charge is 0.466 e. The lowest BCUT2D eigenvalue weighted by Gasteiger charge is -2.23. The number of carbonyl (C=O) groups excluding carboxylic acids is 1. The second-order valence-electron chi connectivity index (χ2n) is 4.93. The lowest BCUT2D eigenvalue weighted by molar-refractivity contribution is -0.142. The van der Waals surface area contributed by atoms with E-state index in [1.807, 2.05) is 25.1 Å². The number of hydrogen-bond donors (Lipinski definition) is 0. The first-order valence-corrected chi connectivity index (χ1v) is 6.96. The molecule has 1 saturated carbocycles. The average molecular weight is 245 g/mol. The molecular weight excluding hydrogens is 224 g/mol. The molecule has 2 nitrogen and oxygen atoms in total. The van der Waals surface area contributed by atoms with Gasteiger partial charge in [0.2, 0.25) is 0 Å². The summed E-state index contributed by atoms with van der Waals surface area (Å²) in [7, 11) is 0. The summed E-state index contributed by atoms with van der Waals surface area (Å²) in [5, 5.41) is 0. The summed E-state index contributed by atoms with van der Waals surface area (Å²) in [5.74, 6) is 0.457. The Morgan fingerprint density at radius 3 is 2.89 bits per heavy atom. The second kappa shape index (κ2) is 6.58. The summed E-state index contributed by atoms with van der Waals surface area (Å²) < 4.78 is 5.04. The van der Waals surface area contributed by atoms with E-state index in [1.54, 1.807) is 0 Å². The van der Waals surface area contributed by atoms with Gasteiger partial charge in [0.05, 0.1) is 13.0 Å². The molecule has 0 unspecified atom stereocenters. The highest BCUT2D eigenvalue weighted by molar-refractivity contribution is 5.73. The Morgan fingerprint density at radius 2 is 2.17 bits per heavy atom. The highest BCUT2D eigenvalue weighted by Crippen LogP contribution is 2.34. The Balaban J connectivity index is 2.11. The van der Waals surface area contributed by atoms with E-state index < -0.39 is 0 Å². The molecule has 1 aromatic carbocycles. The molecule has 0 aromatic heterocycles. The van der Waals surface area contributed by atoms with Gasteiger partial charge in [0.25, 0.3) is 0 Å². The predicted octanol–water partition coefficient (Wildman–Crippen LogP) is 3.64. The fourth-order valence-electron chi connectivity index (χ4n) is 2.78. The zero-order chi connectivity index (χ0) is 12.8. The summed E-state index contributed by atoms with van der Waals surface area (Å²) >= 11 is 0. The van der Waals surface area contributed by atoms with Gasteiger partial charge in [0.15, 0.2) is 0 Å². The Bertz CT molecular complexity index is 392. The van der Waals surface area contributed by atoms with Crippen LogP contribution >= 0.6 is 0 Å². The van der Waals surface area contributed by atoms with Crippen LogP contribution in [0.4, 0.5) is 0 Å². The summed E-state index contributed by atoms with van der Waals surface area (Å²) in [6.07, 6.45) is 6.79. The third-order valence-electron chi connectivity index (χ3n) is 3.63. The molecule has 0 saturated heterocycles. The monoisotopic (exact) mass is 245 g/mol. The zero-order valence-corrected chi connectivity index (χ0v) is 11.1. The van der Waals surface area contributed by atoms with Gasteiger partial charge in [-0.15, -0.1) is 0 Å². The molecule has 1 aliphatic carbocycles. The molecule has 0 spiro atoms. The first kappa shape index (κ1) is 13.1. The third kappa shape index (κ3) is 3.34. The van der Waals surface area contributed by atoms with Crippen molar-refractivity contribution in [1.29, 1.82) is 0 Å². The van der Waals surface area contributed by atoms with Crippen molar-refractivity contribution in [2.24, 2.45) is 0 Å². The molecule has 0 amide bonds. The molecule has 97 valence electrons. The lowest BCUT2D eigenvalue weighted by Crippen LogP contribution is -2.12. The van der Waals surface area contributed by atoms with Crippen molar-refractivity contribution < 1.29 is 9.53 Å². The number of benzene rings is 1. The molecule has 1 aromatic rings. The molecule has 2 heteroatoms. The highest BCUT2D eigenvalue weighted by atomic mass is 16.5. The van der Waals surface area contributed by atoms with E-state index in [9.17, 15) is 4.79 Å². The SMILES string of the molecule is CCOC(=O)Cc1ccc[c]c1C1CCCCC1. The molecule has 1 radical (unpaired) electrons. The van der Waals surface area contributed by atoms with E-state index in [0.29, 0.717) is 18.9 Å². The van der Waals surface area contributed by atoms with Crippen molar-refractivity contribution in [2.75, 3.05) is 6.61 Å². The summed E-state index contributed by atoms with van der Waals surface area (Å²) in [4.78, 5) is 11.6. The molecule has 0 aliphatic heterocycles. The van der Waals surface area contributed by atoms with Crippen LogP contribution in [0.2, 0.25) is 0 Å². The number of carbonyl (C=O) groups is 1. The van der Waals surface area contributed by atoms with Crippen molar-refractivity contribution in [3.05, 3.63) is 35.4 Å². The molecule has 0 heterocycles. The van der Waals surface area contributed by atoms with Crippen LogP contribution in [-0.4, -0.2) is 12.6 Å². The smallest absolute Gasteiger partial charge is 0.310 e. The Morgan fingerprint density at radius 1 is 1.39 bits per heavy atom. The van der Waals surface area contributed by atoms with E-state index in [4.69, 9.17) is 4.74 Å². The van der Waals surface area contributed by atoms with E-state index in [1.165, 1.54) is 37.7 Å².